The molecule has 9 heteroatoms. The second-order valence-corrected chi connectivity index (χ2v) is 8.88. The van der Waals surface area contributed by atoms with Crippen LogP contribution in [0, 0.1) is 19.8 Å². The Balaban J connectivity index is 1.76. The lowest BCUT2D eigenvalue weighted by atomic mass is 9.98. The van der Waals surface area contributed by atoms with Crippen molar-refractivity contribution < 1.29 is 17.7 Å². The molecule has 1 atom stereocenters. The highest BCUT2D eigenvalue weighted by molar-refractivity contribution is 7.89. The first kappa shape index (κ1) is 18.3. The molecule has 0 bridgehead atoms. The number of hydrogen-bond acceptors (Lipinski definition) is 6. The second kappa shape index (κ2) is 6.69. The van der Waals surface area contributed by atoms with E-state index in [1.807, 2.05) is 0 Å². The molecule has 1 aromatic heterocycles. The Morgan fingerprint density at radius 3 is 2.52 bits per heavy atom. The summed E-state index contributed by atoms with van der Waals surface area (Å²) < 4.78 is 33.3. The fourth-order valence-electron chi connectivity index (χ4n) is 3.59. The molecule has 0 radical (unpaired) electrons. The van der Waals surface area contributed by atoms with Crippen LogP contribution in [-0.2, 0) is 14.8 Å². The molecule has 0 spiro atoms. The normalized spacial score (nSPS) is 21.2. The highest BCUT2D eigenvalue weighted by Gasteiger charge is 2.45. The van der Waals surface area contributed by atoms with E-state index >= 15 is 0 Å². The molecule has 1 aromatic rings. The zero-order chi connectivity index (χ0) is 18.2. The van der Waals surface area contributed by atoms with Crippen LogP contribution < -0.4 is 15.8 Å². The van der Waals surface area contributed by atoms with Crippen LogP contribution >= 0.6 is 0 Å². The van der Waals surface area contributed by atoms with Crippen molar-refractivity contribution in [1.29, 1.82) is 0 Å². The monoisotopic (exact) mass is 370 g/mol. The van der Waals surface area contributed by atoms with Gasteiger partial charge in [-0.15, -0.1) is 0 Å². The maximum Gasteiger partial charge on any atom is 0.246 e. The lowest BCUT2D eigenvalue weighted by molar-refractivity contribution is -0.126. The van der Waals surface area contributed by atoms with Crippen molar-refractivity contribution >= 4 is 15.9 Å². The Morgan fingerprint density at radius 2 is 2.00 bits per heavy atom. The molecule has 0 aliphatic heterocycles. The van der Waals surface area contributed by atoms with Gasteiger partial charge in [-0.25, -0.2) is 8.42 Å². The number of carbonyl (C=O) groups is 1. The molecule has 2 aliphatic carbocycles. The number of aryl methyl sites for hydroxylation is 2. The summed E-state index contributed by atoms with van der Waals surface area (Å²) in [7, 11) is -3.91. The predicted octanol–water partition coefficient (Wildman–Crippen LogP) is 0.736. The van der Waals surface area contributed by atoms with Crippen molar-refractivity contribution in [3.8, 4) is 0 Å². The third-order valence-corrected chi connectivity index (χ3v) is 6.96. The van der Waals surface area contributed by atoms with Crippen molar-refractivity contribution in [2.45, 2.75) is 68.8 Å². The number of rotatable bonds is 7. The fraction of sp³-hybridized carbons (Fsp3) is 0.750. The van der Waals surface area contributed by atoms with Crippen LogP contribution in [0.15, 0.2) is 9.42 Å². The maximum absolute atomic E-state index is 12.8. The lowest BCUT2D eigenvalue weighted by Gasteiger charge is -2.29. The number of sulfonamides is 1. The van der Waals surface area contributed by atoms with E-state index in [4.69, 9.17) is 10.3 Å². The van der Waals surface area contributed by atoms with Gasteiger partial charge in [-0.3, -0.25) is 4.79 Å². The highest BCUT2D eigenvalue weighted by atomic mass is 32.2. The highest BCUT2D eigenvalue weighted by Crippen LogP contribution is 2.33. The number of amides is 1. The summed E-state index contributed by atoms with van der Waals surface area (Å²) in [6.45, 7) is 3.49. The summed E-state index contributed by atoms with van der Waals surface area (Å²) >= 11 is 0. The maximum atomic E-state index is 12.8. The first-order valence-electron chi connectivity index (χ1n) is 8.76. The van der Waals surface area contributed by atoms with Gasteiger partial charge in [0, 0.05) is 12.6 Å². The van der Waals surface area contributed by atoms with Gasteiger partial charge in [0.15, 0.2) is 5.76 Å². The summed E-state index contributed by atoms with van der Waals surface area (Å²) in [6, 6.07) is -0.0680. The first-order valence-corrected chi connectivity index (χ1v) is 10.2. The van der Waals surface area contributed by atoms with Gasteiger partial charge in [0.1, 0.15) is 16.1 Å². The van der Waals surface area contributed by atoms with Crippen LogP contribution in [0.2, 0.25) is 0 Å². The molecule has 140 valence electrons. The van der Waals surface area contributed by atoms with Crippen LogP contribution in [0.5, 0.6) is 0 Å². The molecule has 1 amide bonds. The van der Waals surface area contributed by atoms with Crippen LogP contribution in [0.4, 0.5) is 0 Å². The standard InChI is InChI=1S/C16H26N4O4S/c1-10-14(11(2)24-19-10)25(22,23)20-16(7-3-4-8-16)15(21)18-9-13(17)12-5-6-12/h12-13,20H,3-9,17H2,1-2H3,(H,18,21). The van der Waals surface area contributed by atoms with Crippen molar-refractivity contribution in [2.24, 2.45) is 11.7 Å². The largest absolute Gasteiger partial charge is 0.360 e. The van der Waals surface area contributed by atoms with Crippen LogP contribution in [0.25, 0.3) is 0 Å². The molecule has 3 rings (SSSR count). The van der Waals surface area contributed by atoms with Gasteiger partial charge in [-0.05, 0) is 45.4 Å². The van der Waals surface area contributed by atoms with E-state index in [0.29, 0.717) is 25.3 Å². The molecule has 1 unspecified atom stereocenters. The average Bonchev–Trinajstić information content (AvgIpc) is 3.20. The van der Waals surface area contributed by atoms with Crippen molar-refractivity contribution in [2.75, 3.05) is 6.54 Å². The molecule has 0 saturated heterocycles. The number of hydrogen-bond donors (Lipinski definition) is 3. The van der Waals surface area contributed by atoms with E-state index in [1.165, 1.54) is 0 Å². The summed E-state index contributed by atoms with van der Waals surface area (Å²) in [5.41, 5.74) is 5.20. The Kier molecular flexibility index (Phi) is 4.91. The second-order valence-electron chi connectivity index (χ2n) is 7.26. The number of nitrogens with zero attached hydrogens (tertiary/aromatic N) is 1. The van der Waals surface area contributed by atoms with Crippen molar-refractivity contribution in [3.63, 3.8) is 0 Å². The van der Waals surface area contributed by atoms with Gasteiger partial charge >= 0.3 is 0 Å². The van der Waals surface area contributed by atoms with Gasteiger partial charge in [0.2, 0.25) is 15.9 Å². The van der Waals surface area contributed by atoms with Gasteiger partial charge in [-0.1, -0.05) is 18.0 Å². The number of aromatic nitrogens is 1. The van der Waals surface area contributed by atoms with Crippen molar-refractivity contribution in [3.05, 3.63) is 11.5 Å². The fourth-order valence-corrected chi connectivity index (χ4v) is 5.35. The lowest BCUT2D eigenvalue weighted by Crippen LogP contribution is -2.58. The van der Waals surface area contributed by atoms with Gasteiger partial charge < -0.3 is 15.6 Å². The number of nitrogens with one attached hydrogen (secondary N) is 2. The van der Waals surface area contributed by atoms with E-state index < -0.39 is 15.6 Å². The van der Waals surface area contributed by atoms with Crippen LogP contribution in [0.3, 0.4) is 0 Å². The molecule has 2 aliphatic rings. The third-order valence-electron chi connectivity index (χ3n) is 5.18. The minimum atomic E-state index is -3.91. The molecule has 2 fully saturated rings. The van der Waals surface area contributed by atoms with E-state index in [2.05, 4.69) is 15.2 Å². The predicted molar refractivity (Wildman–Crippen MR) is 91.2 cm³/mol. The SMILES string of the molecule is Cc1noc(C)c1S(=O)(=O)NC1(C(=O)NCC(N)C2CC2)CCCC1. The molecule has 25 heavy (non-hydrogen) atoms. The van der Waals surface area contributed by atoms with Crippen molar-refractivity contribution in [1.82, 2.24) is 15.2 Å². The van der Waals surface area contributed by atoms with Gasteiger partial charge in [-0.2, -0.15) is 4.72 Å². The molecule has 4 N–H and O–H groups in total. The summed E-state index contributed by atoms with van der Waals surface area (Å²) in [5.74, 6) is 0.393. The van der Waals surface area contributed by atoms with Gasteiger partial charge in [0.25, 0.3) is 0 Å². The third kappa shape index (κ3) is 3.73. The first-order chi connectivity index (χ1) is 11.8. The average molecular weight is 370 g/mol. The topological polar surface area (TPSA) is 127 Å². The van der Waals surface area contributed by atoms with E-state index in [-0.39, 0.29) is 28.3 Å². The van der Waals surface area contributed by atoms with E-state index in [1.54, 1.807) is 13.8 Å². The Hall–Kier alpha value is -1.45. The summed E-state index contributed by atoms with van der Waals surface area (Å²) in [5, 5.41) is 6.55. The Morgan fingerprint density at radius 1 is 1.36 bits per heavy atom. The van der Waals surface area contributed by atoms with Gasteiger partial charge in [0.05, 0.1) is 0 Å². The smallest absolute Gasteiger partial charge is 0.246 e. The summed E-state index contributed by atoms with van der Waals surface area (Å²) in [6.07, 6.45) is 4.74. The molecule has 0 aromatic carbocycles. The molecular weight excluding hydrogens is 344 g/mol. The van der Waals surface area contributed by atoms with Crippen LogP contribution in [-0.4, -0.2) is 37.6 Å². The Labute approximate surface area is 147 Å². The number of carbonyl (C=O) groups excluding carboxylic acids is 1. The minimum Gasteiger partial charge on any atom is -0.360 e. The zero-order valence-electron chi connectivity index (χ0n) is 14.7. The number of nitrogens with two attached hydrogens (primary N) is 1. The molecule has 2 saturated carbocycles. The molecule has 1 heterocycles. The molecular formula is C16H26N4O4S. The van der Waals surface area contributed by atoms with Crippen LogP contribution in [0.1, 0.15) is 50.0 Å². The molecule has 8 nitrogen and oxygen atoms in total. The quantitative estimate of drug-likeness (QED) is 0.649. The zero-order valence-corrected chi connectivity index (χ0v) is 15.5. The van der Waals surface area contributed by atoms with E-state index in [0.717, 1.165) is 25.7 Å². The van der Waals surface area contributed by atoms with E-state index in [9.17, 15) is 13.2 Å². The Bertz CT molecular complexity index is 729. The summed E-state index contributed by atoms with van der Waals surface area (Å²) in [4.78, 5) is 12.8. The minimum absolute atomic E-state index is 0.0151.